The molecule has 0 amide bonds. The van der Waals surface area contributed by atoms with Crippen LogP contribution in [0.25, 0.3) is 0 Å². The maximum Gasteiger partial charge on any atom is 0.393 e. The zero-order valence-electron chi connectivity index (χ0n) is 7.64. The zero-order chi connectivity index (χ0) is 10.1. The normalized spacial score (nSPS) is 32.1. The van der Waals surface area contributed by atoms with Crippen molar-refractivity contribution in [2.24, 2.45) is 11.7 Å². The number of rotatable bonds is 1. The number of halogens is 3. The van der Waals surface area contributed by atoms with Crippen molar-refractivity contribution in [2.45, 2.75) is 25.6 Å². The van der Waals surface area contributed by atoms with Crippen LogP contribution in [0, 0.1) is 5.92 Å². The Hall–Kier alpha value is -0.290. The molecule has 1 fully saturated rings. The largest absolute Gasteiger partial charge is 0.393 e. The van der Waals surface area contributed by atoms with Crippen LogP contribution >= 0.6 is 0 Å². The quantitative estimate of drug-likeness (QED) is 0.683. The maximum absolute atomic E-state index is 12.3. The second-order valence-electron chi connectivity index (χ2n) is 3.59. The van der Waals surface area contributed by atoms with Gasteiger partial charge in [0.25, 0.3) is 0 Å². The summed E-state index contributed by atoms with van der Waals surface area (Å²) in [6.07, 6.45) is -4.02. The van der Waals surface area contributed by atoms with Crippen molar-refractivity contribution in [3.63, 3.8) is 0 Å². The summed E-state index contributed by atoms with van der Waals surface area (Å²) in [5.74, 6) is -1.24. The summed E-state index contributed by atoms with van der Waals surface area (Å²) in [4.78, 5) is 1.76. The fraction of sp³-hybridized carbons (Fsp3) is 1.00. The van der Waals surface area contributed by atoms with Gasteiger partial charge in [0.15, 0.2) is 0 Å². The highest BCUT2D eigenvalue weighted by atomic mass is 19.4. The first kappa shape index (κ1) is 10.8. The Labute approximate surface area is 75.9 Å². The Balaban J connectivity index is 2.57. The van der Waals surface area contributed by atoms with Crippen LogP contribution in [0.5, 0.6) is 0 Å². The summed E-state index contributed by atoms with van der Waals surface area (Å²) in [7, 11) is 0. The fourth-order valence-corrected chi connectivity index (χ4v) is 1.73. The Bertz CT molecular complexity index is 169. The number of hydrogen-bond donors (Lipinski definition) is 1. The third kappa shape index (κ3) is 2.84. The molecule has 0 bridgehead atoms. The van der Waals surface area contributed by atoms with Crippen molar-refractivity contribution in [1.82, 2.24) is 4.90 Å². The zero-order valence-corrected chi connectivity index (χ0v) is 7.64. The minimum absolute atomic E-state index is 0.0694. The average Bonchev–Trinajstić information content (AvgIpc) is 2.01. The molecule has 0 saturated carbocycles. The van der Waals surface area contributed by atoms with E-state index in [0.29, 0.717) is 13.1 Å². The van der Waals surface area contributed by atoms with E-state index in [0.717, 1.165) is 0 Å². The van der Waals surface area contributed by atoms with E-state index in [-0.39, 0.29) is 19.0 Å². The highest BCUT2D eigenvalue weighted by molar-refractivity contribution is 4.84. The Kier molecular flexibility index (Phi) is 3.18. The highest BCUT2D eigenvalue weighted by Crippen LogP contribution is 2.32. The predicted octanol–water partition coefficient (Wildman–Crippen LogP) is 1.22. The second-order valence-corrected chi connectivity index (χ2v) is 3.59. The SMILES string of the molecule is CCN1C[C@@H](N)C[C@@H](C(F)(F)F)C1. The summed E-state index contributed by atoms with van der Waals surface area (Å²) in [5.41, 5.74) is 5.55. The van der Waals surface area contributed by atoms with E-state index < -0.39 is 12.1 Å². The molecule has 78 valence electrons. The van der Waals surface area contributed by atoms with Crippen molar-refractivity contribution in [1.29, 1.82) is 0 Å². The number of nitrogens with two attached hydrogens (primary N) is 1. The van der Waals surface area contributed by atoms with Gasteiger partial charge in [0.1, 0.15) is 0 Å². The van der Waals surface area contributed by atoms with Gasteiger partial charge in [-0.05, 0) is 13.0 Å². The van der Waals surface area contributed by atoms with E-state index in [2.05, 4.69) is 0 Å². The number of piperidine rings is 1. The molecule has 2 nitrogen and oxygen atoms in total. The van der Waals surface area contributed by atoms with Crippen LogP contribution in [-0.2, 0) is 0 Å². The van der Waals surface area contributed by atoms with Crippen LogP contribution in [0.15, 0.2) is 0 Å². The van der Waals surface area contributed by atoms with Crippen LogP contribution in [0.3, 0.4) is 0 Å². The molecule has 0 aromatic heterocycles. The van der Waals surface area contributed by atoms with Crippen LogP contribution < -0.4 is 5.73 Å². The monoisotopic (exact) mass is 196 g/mol. The molecule has 1 rings (SSSR count). The lowest BCUT2D eigenvalue weighted by molar-refractivity contribution is -0.187. The lowest BCUT2D eigenvalue weighted by Crippen LogP contribution is -2.50. The first-order chi connectivity index (χ1) is 5.93. The van der Waals surface area contributed by atoms with Gasteiger partial charge in [-0.1, -0.05) is 6.92 Å². The van der Waals surface area contributed by atoms with Crippen molar-refractivity contribution in [3.05, 3.63) is 0 Å². The van der Waals surface area contributed by atoms with Gasteiger partial charge in [0, 0.05) is 19.1 Å². The molecule has 2 atom stereocenters. The summed E-state index contributed by atoms with van der Waals surface area (Å²) < 4.78 is 37.0. The third-order valence-corrected chi connectivity index (χ3v) is 2.47. The number of alkyl halides is 3. The minimum atomic E-state index is -4.09. The van der Waals surface area contributed by atoms with Crippen molar-refractivity contribution >= 4 is 0 Å². The van der Waals surface area contributed by atoms with Gasteiger partial charge in [-0.3, -0.25) is 0 Å². The van der Waals surface area contributed by atoms with Gasteiger partial charge in [-0.15, -0.1) is 0 Å². The van der Waals surface area contributed by atoms with E-state index in [1.54, 1.807) is 4.90 Å². The van der Waals surface area contributed by atoms with Crippen LogP contribution in [0.4, 0.5) is 13.2 Å². The lowest BCUT2D eigenvalue weighted by atomic mass is 9.94. The van der Waals surface area contributed by atoms with E-state index in [1.165, 1.54) is 0 Å². The molecule has 0 spiro atoms. The average molecular weight is 196 g/mol. The first-order valence-electron chi connectivity index (χ1n) is 4.48. The van der Waals surface area contributed by atoms with E-state index in [9.17, 15) is 13.2 Å². The Morgan fingerprint density at radius 2 is 2.00 bits per heavy atom. The van der Waals surface area contributed by atoms with Crippen molar-refractivity contribution in [3.8, 4) is 0 Å². The van der Waals surface area contributed by atoms with Gasteiger partial charge in [0.05, 0.1) is 5.92 Å². The van der Waals surface area contributed by atoms with Gasteiger partial charge >= 0.3 is 6.18 Å². The molecule has 0 unspecified atom stereocenters. The molecule has 0 aliphatic carbocycles. The Morgan fingerprint density at radius 1 is 1.38 bits per heavy atom. The smallest absolute Gasteiger partial charge is 0.327 e. The van der Waals surface area contributed by atoms with Crippen LogP contribution in [0.1, 0.15) is 13.3 Å². The topological polar surface area (TPSA) is 29.3 Å². The number of nitrogens with zero attached hydrogens (tertiary/aromatic N) is 1. The molecule has 1 saturated heterocycles. The van der Waals surface area contributed by atoms with E-state index in [1.807, 2.05) is 6.92 Å². The number of likely N-dealkylation sites (N-methyl/N-ethyl adjacent to an activating group) is 1. The van der Waals surface area contributed by atoms with Crippen LogP contribution in [-0.4, -0.2) is 36.8 Å². The molecule has 5 heteroatoms. The summed E-state index contributed by atoms with van der Waals surface area (Å²) in [5, 5.41) is 0. The van der Waals surface area contributed by atoms with Crippen molar-refractivity contribution in [2.75, 3.05) is 19.6 Å². The number of hydrogen-bond acceptors (Lipinski definition) is 2. The van der Waals surface area contributed by atoms with Gasteiger partial charge in [-0.2, -0.15) is 13.2 Å². The maximum atomic E-state index is 12.3. The predicted molar refractivity (Wildman–Crippen MR) is 44.3 cm³/mol. The molecule has 1 aliphatic rings. The molecule has 0 aromatic carbocycles. The molecule has 1 aliphatic heterocycles. The molecular formula is C8H15F3N2. The van der Waals surface area contributed by atoms with Crippen LogP contribution in [0.2, 0.25) is 0 Å². The van der Waals surface area contributed by atoms with Gasteiger partial charge in [0.2, 0.25) is 0 Å². The fourth-order valence-electron chi connectivity index (χ4n) is 1.73. The molecule has 2 N–H and O–H groups in total. The summed E-state index contributed by atoms with van der Waals surface area (Å²) >= 11 is 0. The molecule has 1 heterocycles. The van der Waals surface area contributed by atoms with Crippen molar-refractivity contribution < 1.29 is 13.2 Å². The van der Waals surface area contributed by atoms with Gasteiger partial charge < -0.3 is 10.6 Å². The highest BCUT2D eigenvalue weighted by Gasteiger charge is 2.43. The molecule has 0 aromatic rings. The third-order valence-electron chi connectivity index (χ3n) is 2.47. The second kappa shape index (κ2) is 3.84. The minimum Gasteiger partial charge on any atom is -0.327 e. The lowest BCUT2D eigenvalue weighted by Gasteiger charge is -2.36. The van der Waals surface area contributed by atoms with E-state index in [4.69, 9.17) is 5.73 Å². The molecular weight excluding hydrogens is 181 g/mol. The molecule has 13 heavy (non-hydrogen) atoms. The van der Waals surface area contributed by atoms with Gasteiger partial charge in [-0.25, -0.2) is 0 Å². The number of likely N-dealkylation sites (tertiary alicyclic amines) is 1. The summed E-state index contributed by atoms with van der Waals surface area (Å²) in [6.45, 7) is 3.18. The Morgan fingerprint density at radius 3 is 2.46 bits per heavy atom. The molecule has 0 radical (unpaired) electrons. The standard InChI is InChI=1S/C8H15F3N2/c1-2-13-4-6(8(9,10)11)3-7(12)5-13/h6-7H,2-5,12H2,1H3/t6-,7+/m1/s1. The van der Waals surface area contributed by atoms with E-state index >= 15 is 0 Å². The summed E-state index contributed by atoms with van der Waals surface area (Å²) in [6, 6.07) is -0.333. The first-order valence-corrected chi connectivity index (χ1v) is 4.48.